The van der Waals surface area contributed by atoms with Crippen LogP contribution in [0.1, 0.15) is 13.8 Å². The number of alkyl halides is 3. The van der Waals surface area contributed by atoms with Crippen LogP contribution in [0.4, 0.5) is 35.4 Å². The van der Waals surface area contributed by atoms with Crippen molar-refractivity contribution in [3.05, 3.63) is 23.7 Å². The molecule has 7 nitrogen and oxygen atoms in total. The molecule has 0 bridgehead atoms. The van der Waals surface area contributed by atoms with Gasteiger partial charge in [0.2, 0.25) is 6.41 Å². The predicted octanol–water partition coefficient (Wildman–Crippen LogP) is 4.28. The van der Waals surface area contributed by atoms with E-state index in [-0.39, 0.29) is 22.1 Å². The summed E-state index contributed by atoms with van der Waals surface area (Å²) in [5, 5.41) is 15.0. The highest BCUT2D eigenvalue weighted by Crippen LogP contribution is 2.38. The summed E-state index contributed by atoms with van der Waals surface area (Å²) in [7, 11) is 0. The summed E-state index contributed by atoms with van der Waals surface area (Å²) in [5.74, 6) is 0. The van der Waals surface area contributed by atoms with Gasteiger partial charge >= 0.3 is 6.30 Å². The summed E-state index contributed by atoms with van der Waals surface area (Å²) in [6.45, 7) is 4.98. The number of benzene rings is 1. The monoisotopic (exact) mass is 372 g/mol. The molecule has 2 aromatic rings. The molecule has 25 heavy (non-hydrogen) atoms. The Balaban J connectivity index is 2.52. The van der Waals surface area contributed by atoms with Crippen molar-refractivity contribution in [2.24, 2.45) is 10.2 Å². The maximum atomic E-state index is 13.2. The maximum absolute atomic E-state index is 13.2. The third-order valence-electron chi connectivity index (χ3n) is 3.32. The number of azo groups is 1. The quantitative estimate of drug-likeness (QED) is 0.413. The first-order valence-corrected chi connectivity index (χ1v) is 8.16. The fraction of sp³-hybridized carbons (Fsp3) is 0.357. The minimum absolute atomic E-state index is 0.101. The predicted molar refractivity (Wildman–Crippen MR) is 88.7 cm³/mol. The Kier molecular flexibility index (Phi) is 6.02. The fourth-order valence-corrected chi connectivity index (χ4v) is 2.51. The standard InChI is InChI=1S/C14H15F3N6OS/c1-3-22(4-2)10-5-6-11(19-21-13-20-18-8-25-13)12(7-10)23(9-24)14(15,16)17/h5-9H,3-4H2,1-2H3. The van der Waals surface area contributed by atoms with Crippen LogP contribution in [-0.4, -0.2) is 36.0 Å². The number of carbonyl (C=O) groups excluding carboxylic acids is 1. The van der Waals surface area contributed by atoms with E-state index in [2.05, 4.69) is 20.4 Å². The van der Waals surface area contributed by atoms with E-state index in [1.165, 1.54) is 17.6 Å². The molecule has 0 aliphatic heterocycles. The summed E-state index contributed by atoms with van der Waals surface area (Å²) < 4.78 is 39.6. The molecule has 0 fully saturated rings. The molecule has 0 atom stereocenters. The van der Waals surface area contributed by atoms with E-state index in [9.17, 15) is 18.0 Å². The molecule has 1 heterocycles. The molecule has 0 aliphatic rings. The average Bonchev–Trinajstić information content (AvgIpc) is 3.08. The molecule has 0 spiro atoms. The SMILES string of the molecule is CCN(CC)c1ccc(N=Nc2nncs2)c(N(C=O)C(F)(F)F)c1. The van der Waals surface area contributed by atoms with Crippen molar-refractivity contribution in [2.75, 3.05) is 22.9 Å². The van der Waals surface area contributed by atoms with Crippen LogP contribution in [-0.2, 0) is 4.79 Å². The molecular weight excluding hydrogens is 357 g/mol. The second-order valence-electron chi connectivity index (χ2n) is 4.71. The first kappa shape index (κ1) is 18.8. The number of hydrogen-bond acceptors (Lipinski definition) is 7. The van der Waals surface area contributed by atoms with E-state index >= 15 is 0 Å². The third-order valence-corrected chi connectivity index (χ3v) is 3.89. The number of nitrogens with zero attached hydrogens (tertiary/aromatic N) is 6. The molecule has 0 unspecified atom stereocenters. The number of halogens is 3. The van der Waals surface area contributed by atoms with E-state index in [0.29, 0.717) is 18.8 Å². The van der Waals surface area contributed by atoms with Gasteiger partial charge in [-0.3, -0.25) is 4.79 Å². The molecule has 0 saturated carbocycles. The van der Waals surface area contributed by atoms with Gasteiger partial charge in [0.1, 0.15) is 11.2 Å². The normalized spacial score (nSPS) is 11.7. The van der Waals surface area contributed by atoms with Gasteiger partial charge in [0.15, 0.2) is 0 Å². The number of rotatable bonds is 7. The van der Waals surface area contributed by atoms with Crippen LogP contribution < -0.4 is 9.80 Å². The first-order valence-electron chi connectivity index (χ1n) is 7.29. The lowest BCUT2D eigenvalue weighted by molar-refractivity contribution is -0.141. The Labute approximate surface area is 145 Å². The second-order valence-corrected chi connectivity index (χ2v) is 5.52. The highest BCUT2D eigenvalue weighted by Gasteiger charge is 2.39. The van der Waals surface area contributed by atoms with Gasteiger partial charge in [-0.2, -0.15) is 0 Å². The van der Waals surface area contributed by atoms with Gasteiger partial charge < -0.3 is 4.90 Å². The van der Waals surface area contributed by atoms with Gasteiger partial charge in [-0.05, 0) is 32.0 Å². The van der Waals surface area contributed by atoms with E-state index in [1.807, 2.05) is 18.7 Å². The van der Waals surface area contributed by atoms with Crippen LogP contribution in [0.15, 0.2) is 33.9 Å². The summed E-state index contributed by atoms with van der Waals surface area (Å²) in [6.07, 6.45) is -5.16. The maximum Gasteiger partial charge on any atom is 0.491 e. The van der Waals surface area contributed by atoms with Crippen molar-refractivity contribution < 1.29 is 18.0 Å². The molecular formula is C14H15F3N6OS. The van der Waals surface area contributed by atoms with Crippen molar-refractivity contribution in [3.8, 4) is 0 Å². The van der Waals surface area contributed by atoms with E-state index in [4.69, 9.17) is 0 Å². The van der Waals surface area contributed by atoms with Gasteiger partial charge in [-0.1, -0.05) is 11.3 Å². The smallest absolute Gasteiger partial charge is 0.372 e. The topological polar surface area (TPSA) is 74.1 Å². The number of aromatic nitrogens is 2. The number of hydrogen-bond donors (Lipinski definition) is 0. The van der Waals surface area contributed by atoms with Crippen molar-refractivity contribution in [3.63, 3.8) is 0 Å². The van der Waals surface area contributed by atoms with Crippen molar-refractivity contribution in [2.45, 2.75) is 20.1 Å². The summed E-state index contributed by atoms with van der Waals surface area (Å²) in [5.41, 5.74) is 1.47. The van der Waals surface area contributed by atoms with Gasteiger partial charge in [0.25, 0.3) is 5.13 Å². The molecule has 134 valence electrons. The average molecular weight is 372 g/mol. The lowest BCUT2D eigenvalue weighted by Crippen LogP contribution is -2.37. The van der Waals surface area contributed by atoms with Gasteiger partial charge in [-0.25, -0.2) is 4.90 Å². The zero-order valence-electron chi connectivity index (χ0n) is 13.4. The summed E-state index contributed by atoms with van der Waals surface area (Å²) >= 11 is 1.09. The Morgan fingerprint density at radius 1 is 1.24 bits per heavy atom. The van der Waals surface area contributed by atoms with Gasteiger partial charge in [0, 0.05) is 18.8 Å². The molecule has 0 saturated heterocycles. The number of carbonyl (C=O) groups is 1. The second kappa shape index (κ2) is 8.01. The minimum Gasteiger partial charge on any atom is -0.372 e. The van der Waals surface area contributed by atoms with Crippen LogP contribution in [0.5, 0.6) is 0 Å². The Morgan fingerprint density at radius 2 is 1.96 bits per heavy atom. The van der Waals surface area contributed by atoms with Crippen molar-refractivity contribution in [1.29, 1.82) is 0 Å². The zero-order chi connectivity index (χ0) is 18.4. The Bertz CT molecular complexity index is 731. The molecule has 1 aromatic heterocycles. The molecule has 2 rings (SSSR count). The zero-order valence-corrected chi connectivity index (χ0v) is 14.3. The van der Waals surface area contributed by atoms with E-state index < -0.39 is 12.0 Å². The summed E-state index contributed by atoms with van der Waals surface area (Å²) in [4.78, 5) is 12.6. The largest absolute Gasteiger partial charge is 0.491 e. The number of amides is 1. The molecule has 1 aromatic carbocycles. The Morgan fingerprint density at radius 3 is 2.48 bits per heavy atom. The highest BCUT2D eigenvalue weighted by atomic mass is 32.1. The van der Waals surface area contributed by atoms with E-state index in [0.717, 1.165) is 11.3 Å². The van der Waals surface area contributed by atoms with Crippen molar-refractivity contribution >= 4 is 39.9 Å². The first-order chi connectivity index (χ1) is 11.9. The Hall–Kier alpha value is -2.56. The highest BCUT2D eigenvalue weighted by molar-refractivity contribution is 7.13. The molecule has 1 amide bonds. The molecule has 11 heteroatoms. The minimum atomic E-state index is -4.88. The lowest BCUT2D eigenvalue weighted by Gasteiger charge is -2.25. The van der Waals surface area contributed by atoms with Gasteiger partial charge in [0.05, 0.1) is 5.69 Å². The van der Waals surface area contributed by atoms with Crippen LogP contribution in [0, 0.1) is 0 Å². The van der Waals surface area contributed by atoms with E-state index in [1.54, 1.807) is 6.07 Å². The summed E-state index contributed by atoms with van der Waals surface area (Å²) in [6, 6.07) is 4.28. The molecule has 0 radical (unpaired) electrons. The van der Waals surface area contributed by atoms with Crippen LogP contribution in [0.3, 0.4) is 0 Å². The van der Waals surface area contributed by atoms with Gasteiger partial charge in [-0.15, -0.1) is 33.6 Å². The van der Waals surface area contributed by atoms with Crippen molar-refractivity contribution in [1.82, 2.24) is 10.2 Å². The van der Waals surface area contributed by atoms with Crippen LogP contribution >= 0.6 is 11.3 Å². The fourth-order valence-electron chi connectivity index (χ4n) is 2.14. The van der Waals surface area contributed by atoms with Crippen LogP contribution in [0.25, 0.3) is 0 Å². The number of anilines is 2. The third kappa shape index (κ3) is 4.50. The van der Waals surface area contributed by atoms with Crippen LogP contribution in [0.2, 0.25) is 0 Å². The lowest BCUT2D eigenvalue weighted by atomic mass is 10.2. The molecule has 0 N–H and O–H groups in total. The molecule has 0 aliphatic carbocycles.